The van der Waals surface area contributed by atoms with Crippen LogP contribution in [-0.2, 0) is 4.79 Å². The fourth-order valence-electron chi connectivity index (χ4n) is 3.44. The monoisotopic (exact) mass is 339 g/mol. The number of amides is 1. The maximum Gasteiger partial charge on any atom is 0.239 e. The molecular weight excluding hydrogens is 314 g/mol. The van der Waals surface area contributed by atoms with Gasteiger partial charge in [0.05, 0.1) is 7.11 Å². The Balaban J connectivity index is 1.72. The lowest BCUT2D eigenvalue weighted by Gasteiger charge is -2.29. The minimum absolute atomic E-state index is 0.288. The number of hydrogen-bond donors (Lipinski definition) is 1. The van der Waals surface area contributed by atoms with Crippen LogP contribution < -0.4 is 15.4 Å². The number of benzene rings is 2. The summed E-state index contributed by atoms with van der Waals surface area (Å²) in [4.78, 5) is 16.6. The Hall–Kier alpha value is -2.53. The fourth-order valence-corrected chi connectivity index (χ4v) is 3.44. The zero-order valence-corrected chi connectivity index (χ0v) is 14.6. The first-order valence-corrected chi connectivity index (χ1v) is 8.66. The molecule has 0 spiro atoms. The summed E-state index contributed by atoms with van der Waals surface area (Å²) in [5, 5.41) is 0. The van der Waals surface area contributed by atoms with Gasteiger partial charge in [0.15, 0.2) is 0 Å². The van der Waals surface area contributed by atoms with Crippen LogP contribution in [0, 0.1) is 0 Å². The topological polar surface area (TPSA) is 58.8 Å². The van der Waals surface area contributed by atoms with Crippen molar-refractivity contribution < 1.29 is 9.53 Å². The van der Waals surface area contributed by atoms with Crippen molar-refractivity contribution in [2.75, 3.05) is 38.2 Å². The van der Waals surface area contributed by atoms with Gasteiger partial charge in [-0.15, -0.1) is 0 Å². The Kier molecular flexibility index (Phi) is 5.56. The van der Waals surface area contributed by atoms with Gasteiger partial charge in [0.1, 0.15) is 11.8 Å². The molecule has 5 nitrogen and oxygen atoms in total. The van der Waals surface area contributed by atoms with Crippen LogP contribution in [0.15, 0.2) is 54.6 Å². The van der Waals surface area contributed by atoms with E-state index < -0.39 is 0 Å². The van der Waals surface area contributed by atoms with Gasteiger partial charge in [0, 0.05) is 31.9 Å². The molecule has 0 saturated carbocycles. The lowest BCUT2D eigenvalue weighted by atomic mass is 10.0. The number of carbonyl (C=O) groups is 1. The third-order valence-electron chi connectivity index (χ3n) is 4.72. The van der Waals surface area contributed by atoms with E-state index in [-0.39, 0.29) is 11.9 Å². The molecule has 2 N–H and O–H groups in total. The number of primary amides is 1. The molecule has 0 aromatic heterocycles. The van der Waals surface area contributed by atoms with Crippen molar-refractivity contribution in [1.29, 1.82) is 0 Å². The third-order valence-corrected chi connectivity index (χ3v) is 4.72. The van der Waals surface area contributed by atoms with E-state index in [9.17, 15) is 4.79 Å². The van der Waals surface area contributed by atoms with Crippen LogP contribution in [0.5, 0.6) is 5.75 Å². The van der Waals surface area contributed by atoms with Gasteiger partial charge in [0.2, 0.25) is 5.91 Å². The van der Waals surface area contributed by atoms with Crippen molar-refractivity contribution in [2.45, 2.75) is 12.5 Å². The van der Waals surface area contributed by atoms with Gasteiger partial charge in [-0.05, 0) is 36.2 Å². The number of anilines is 1. The molecule has 2 aromatic carbocycles. The second kappa shape index (κ2) is 8.03. The molecule has 132 valence electrons. The van der Waals surface area contributed by atoms with Crippen molar-refractivity contribution >= 4 is 11.6 Å². The minimum Gasteiger partial charge on any atom is -0.497 e. The van der Waals surface area contributed by atoms with Crippen molar-refractivity contribution in [2.24, 2.45) is 5.73 Å². The van der Waals surface area contributed by atoms with Crippen molar-refractivity contribution in [3.8, 4) is 5.75 Å². The summed E-state index contributed by atoms with van der Waals surface area (Å²) in [5.74, 6) is 0.571. The predicted octanol–water partition coefficient (Wildman–Crippen LogP) is 2.43. The molecule has 1 aliphatic rings. The predicted molar refractivity (Wildman–Crippen MR) is 99.8 cm³/mol. The zero-order valence-electron chi connectivity index (χ0n) is 14.6. The average Bonchev–Trinajstić information content (AvgIpc) is 2.89. The summed E-state index contributed by atoms with van der Waals surface area (Å²) in [6.45, 7) is 3.48. The number of rotatable bonds is 5. The molecule has 1 aliphatic heterocycles. The Morgan fingerprint density at radius 2 is 1.72 bits per heavy atom. The van der Waals surface area contributed by atoms with Gasteiger partial charge in [-0.1, -0.05) is 30.3 Å². The number of ether oxygens (including phenoxy) is 1. The molecule has 5 heteroatoms. The van der Waals surface area contributed by atoms with E-state index in [1.165, 1.54) is 5.69 Å². The van der Waals surface area contributed by atoms with Crippen LogP contribution >= 0.6 is 0 Å². The highest BCUT2D eigenvalue weighted by Gasteiger charge is 2.27. The quantitative estimate of drug-likeness (QED) is 0.909. The van der Waals surface area contributed by atoms with Crippen LogP contribution in [0.3, 0.4) is 0 Å². The highest BCUT2D eigenvalue weighted by Crippen LogP contribution is 2.25. The Bertz CT molecular complexity index is 688. The molecule has 1 fully saturated rings. The summed E-state index contributed by atoms with van der Waals surface area (Å²) in [5.41, 5.74) is 7.86. The highest BCUT2D eigenvalue weighted by molar-refractivity contribution is 5.81. The van der Waals surface area contributed by atoms with Crippen LogP contribution in [0.1, 0.15) is 18.0 Å². The Morgan fingerprint density at radius 3 is 2.36 bits per heavy atom. The van der Waals surface area contributed by atoms with Gasteiger partial charge in [-0.25, -0.2) is 0 Å². The number of methoxy groups -OCH3 is 1. The summed E-state index contributed by atoms with van der Waals surface area (Å²) >= 11 is 0. The standard InChI is InChI=1S/C20H25N3O2/c1-25-18-10-8-17(9-11-18)22-12-5-13-23(15-14-22)19(20(21)24)16-6-3-2-4-7-16/h2-4,6-11,19H,5,12-15H2,1H3,(H2,21,24). The molecule has 1 atom stereocenters. The first kappa shape index (κ1) is 17.3. The normalized spacial score (nSPS) is 16.9. The molecule has 0 bridgehead atoms. The first-order chi connectivity index (χ1) is 12.2. The molecule has 25 heavy (non-hydrogen) atoms. The van der Waals surface area contributed by atoms with E-state index in [1.54, 1.807) is 7.11 Å². The average molecular weight is 339 g/mol. The van der Waals surface area contributed by atoms with Crippen LogP contribution in [0.2, 0.25) is 0 Å². The number of nitrogens with zero attached hydrogens (tertiary/aromatic N) is 2. The SMILES string of the molecule is COc1ccc(N2CCCN(C(C(N)=O)c3ccccc3)CC2)cc1. The number of hydrogen-bond acceptors (Lipinski definition) is 4. The second-order valence-electron chi connectivity index (χ2n) is 6.29. The van der Waals surface area contributed by atoms with Gasteiger partial charge < -0.3 is 15.4 Å². The summed E-state index contributed by atoms with van der Waals surface area (Å²) in [7, 11) is 1.67. The molecule has 1 amide bonds. The molecule has 0 radical (unpaired) electrons. The van der Waals surface area contributed by atoms with E-state index in [1.807, 2.05) is 42.5 Å². The van der Waals surface area contributed by atoms with Gasteiger partial charge in [-0.3, -0.25) is 9.69 Å². The molecular formula is C20H25N3O2. The molecule has 1 unspecified atom stereocenters. The lowest BCUT2D eigenvalue weighted by molar-refractivity contribution is -0.123. The molecule has 2 aromatic rings. The van der Waals surface area contributed by atoms with Crippen molar-refractivity contribution in [1.82, 2.24) is 4.90 Å². The van der Waals surface area contributed by atoms with E-state index in [0.717, 1.165) is 43.9 Å². The van der Waals surface area contributed by atoms with Crippen molar-refractivity contribution in [3.63, 3.8) is 0 Å². The van der Waals surface area contributed by atoms with Crippen molar-refractivity contribution in [3.05, 3.63) is 60.2 Å². The summed E-state index contributed by atoms with van der Waals surface area (Å²) < 4.78 is 5.23. The van der Waals surface area contributed by atoms with E-state index in [4.69, 9.17) is 10.5 Å². The maximum absolute atomic E-state index is 12.1. The van der Waals surface area contributed by atoms with E-state index in [2.05, 4.69) is 21.9 Å². The summed E-state index contributed by atoms with van der Waals surface area (Å²) in [6.07, 6.45) is 0.989. The Morgan fingerprint density at radius 1 is 1.00 bits per heavy atom. The fraction of sp³-hybridized carbons (Fsp3) is 0.350. The summed E-state index contributed by atoms with van der Waals surface area (Å²) in [6, 6.07) is 17.6. The number of carbonyl (C=O) groups excluding carboxylic acids is 1. The van der Waals surface area contributed by atoms with Crippen LogP contribution in [0.25, 0.3) is 0 Å². The minimum atomic E-state index is -0.364. The maximum atomic E-state index is 12.1. The lowest BCUT2D eigenvalue weighted by Crippen LogP contribution is -2.40. The first-order valence-electron chi connectivity index (χ1n) is 8.66. The van der Waals surface area contributed by atoms with Crippen LogP contribution in [0.4, 0.5) is 5.69 Å². The largest absolute Gasteiger partial charge is 0.497 e. The molecule has 1 heterocycles. The second-order valence-corrected chi connectivity index (χ2v) is 6.29. The number of nitrogens with two attached hydrogens (primary N) is 1. The molecule has 3 rings (SSSR count). The van der Waals surface area contributed by atoms with E-state index >= 15 is 0 Å². The van der Waals surface area contributed by atoms with Crippen LogP contribution in [-0.4, -0.2) is 44.1 Å². The van der Waals surface area contributed by atoms with Gasteiger partial charge in [-0.2, -0.15) is 0 Å². The zero-order chi connectivity index (χ0) is 17.6. The van der Waals surface area contributed by atoms with Gasteiger partial charge in [0.25, 0.3) is 0 Å². The van der Waals surface area contributed by atoms with E-state index in [0.29, 0.717) is 0 Å². The molecule has 0 aliphatic carbocycles. The smallest absolute Gasteiger partial charge is 0.239 e. The molecule has 1 saturated heterocycles. The Labute approximate surface area is 149 Å². The third kappa shape index (κ3) is 4.12. The van der Waals surface area contributed by atoms with Gasteiger partial charge >= 0.3 is 0 Å². The highest BCUT2D eigenvalue weighted by atomic mass is 16.5.